The van der Waals surface area contributed by atoms with Crippen molar-refractivity contribution in [2.24, 2.45) is 0 Å². The van der Waals surface area contributed by atoms with Crippen LogP contribution in [0.2, 0.25) is 0 Å². The van der Waals surface area contributed by atoms with Crippen molar-refractivity contribution in [2.45, 2.75) is 31.5 Å². The Kier molecular flexibility index (Phi) is 6.12. The molecule has 0 radical (unpaired) electrons. The lowest BCUT2D eigenvalue weighted by molar-refractivity contribution is 0.0920. The fourth-order valence-electron chi connectivity index (χ4n) is 4.68. The number of hydrogen-bond acceptors (Lipinski definition) is 8. The summed E-state index contributed by atoms with van der Waals surface area (Å²) in [5.41, 5.74) is 9.49. The Morgan fingerprint density at radius 2 is 2.09 bits per heavy atom. The zero-order chi connectivity index (χ0) is 24.7. The molecule has 4 heterocycles. The number of thiophene rings is 1. The number of nitrogens with zero attached hydrogens (tertiary/aromatic N) is 2. The number of pyridine rings is 1. The lowest BCUT2D eigenvalue weighted by atomic mass is 10.0. The van der Waals surface area contributed by atoms with Crippen LogP contribution >= 0.6 is 11.3 Å². The number of benzene rings is 1. The normalized spacial score (nSPS) is 21.4. The van der Waals surface area contributed by atoms with Crippen LogP contribution in [-0.2, 0) is 11.2 Å². The van der Waals surface area contributed by atoms with Crippen molar-refractivity contribution in [1.82, 2.24) is 15.6 Å². The van der Waals surface area contributed by atoms with Gasteiger partial charge in [-0.15, -0.1) is 11.3 Å². The van der Waals surface area contributed by atoms with Crippen LogP contribution in [0.4, 0.5) is 16.2 Å². The number of anilines is 2. The molecule has 0 saturated carbocycles. The molecule has 5 N–H and O–H groups in total. The van der Waals surface area contributed by atoms with Crippen LogP contribution in [0.3, 0.4) is 0 Å². The van der Waals surface area contributed by atoms with Gasteiger partial charge in [-0.3, -0.25) is 4.79 Å². The third-order valence-corrected chi connectivity index (χ3v) is 7.59. The monoisotopic (exact) mass is 497 g/mol. The second kappa shape index (κ2) is 9.23. The molecule has 10 nitrogen and oxygen atoms in total. The highest BCUT2D eigenvalue weighted by Gasteiger charge is 2.35. The quantitative estimate of drug-likeness (QED) is 0.421. The molecular formula is C24H27N5O5S. The number of fused-ring (bicyclic) bond motifs is 2. The number of carbonyl (C=O) groups is 2. The first-order valence-corrected chi connectivity index (χ1v) is 12.1. The minimum absolute atomic E-state index is 0.186. The van der Waals surface area contributed by atoms with Crippen LogP contribution in [0.15, 0.2) is 30.3 Å². The van der Waals surface area contributed by atoms with Gasteiger partial charge >= 0.3 is 6.09 Å². The van der Waals surface area contributed by atoms with Gasteiger partial charge in [0.05, 0.1) is 23.9 Å². The van der Waals surface area contributed by atoms with Gasteiger partial charge in [-0.2, -0.15) is 0 Å². The zero-order valence-electron chi connectivity index (χ0n) is 19.4. The molecule has 2 aliphatic heterocycles. The van der Waals surface area contributed by atoms with Crippen molar-refractivity contribution in [2.75, 3.05) is 37.4 Å². The highest BCUT2D eigenvalue weighted by Crippen LogP contribution is 2.34. The average molecular weight is 498 g/mol. The molecule has 184 valence electrons. The van der Waals surface area contributed by atoms with Gasteiger partial charge < -0.3 is 35.8 Å². The lowest BCUT2D eigenvalue weighted by Gasteiger charge is -2.28. The van der Waals surface area contributed by atoms with Crippen LogP contribution in [0, 0.1) is 6.92 Å². The molecule has 1 saturated heterocycles. The number of hydrogen-bond donors (Lipinski definition) is 4. The van der Waals surface area contributed by atoms with Crippen molar-refractivity contribution in [1.29, 1.82) is 0 Å². The van der Waals surface area contributed by atoms with Crippen molar-refractivity contribution >= 4 is 44.9 Å². The molecule has 1 aromatic carbocycles. The van der Waals surface area contributed by atoms with Crippen molar-refractivity contribution in [3.05, 3.63) is 46.5 Å². The van der Waals surface area contributed by atoms with E-state index in [1.54, 1.807) is 7.11 Å². The molecule has 11 heteroatoms. The van der Waals surface area contributed by atoms with E-state index in [1.807, 2.05) is 37.3 Å². The Morgan fingerprint density at radius 3 is 2.86 bits per heavy atom. The highest BCUT2D eigenvalue weighted by molar-refractivity contribution is 7.21. The average Bonchev–Trinajstić information content (AvgIpc) is 3.38. The summed E-state index contributed by atoms with van der Waals surface area (Å²) < 4.78 is 11.5. The number of amides is 2. The lowest BCUT2D eigenvalue weighted by Crippen LogP contribution is -2.43. The first-order valence-electron chi connectivity index (χ1n) is 11.3. The van der Waals surface area contributed by atoms with Gasteiger partial charge in [0.2, 0.25) is 0 Å². The molecule has 35 heavy (non-hydrogen) atoms. The zero-order valence-corrected chi connectivity index (χ0v) is 20.2. The van der Waals surface area contributed by atoms with Crippen molar-refractivity contribution in [3.8, 4) is 5.75 Å². The SMILES string of the molecule is COC1CN(c2ccc3c(c2)OC[C@H](NC(=O)c2sc4nc(C)ccc4c2N)C3)CC1NC(=O)O. The molecule has 2 amide bonds. The van der Waals surface area contributed by atoms with Gasteiger partial charge in [-0.25, -0.2) is 9.78 Å². The fraction of sp³-hybridized carbons (Fsp3) is 0.375. The van der Waals surface area contributed by atoms with Gasteiger partial charge in [0, 0.05) is 43.0 Å². The molecule has 2 aromatic heterocycles. The van der Waals surface area contributed by atoms with Crippen LogP contribution in [0.25, 0.3) is 10.2 Å². The van der Waals surface area contributed by atoms with Crippen molar-refractivity contribution < 1.29 is 24.2 Å². The topological polar surface area (TPSA) is 139 Å². The summed E-state index contributed by atoms with van der Waals surface area (Å²) in [7, 11) is 1.58. The third-order valence-electron chi connectivity index (χ3n) is 6.47. The summed E-state index contributed by atoms with van der Waals surface area (Å²) in [4.78, 5) is 31.8. The van der Waals surface area contributed by atoms with E-state index in [1.165, 1.54) is 11.3 Å². The summed E-state index contributed by atoms with van der Waals surface area (Å²) in [6.07, 6.45) is -0.666. The molecule has 0 aliphatic carbocycles. The molecule has 0 bridgehead atoms. The number of methoxy groups -OCH3 is 1. The second-order valence-electron chi connectivity index (χ2n) is 8.86. The summed E-state index contributed by atoms with van der Waals surface area (Å²) in [6.45, 7) is 3.33. The first-order chi connectivity index (χ1) is 16.8. The van der Waals surface area contributed by atoms with E-state index in [2.05, 4.69) is 20.5 Å². The summed E-state index contributed by atoms with van der Waals surface area (Å²) in [5, 5.41) is 15.4. The van der Waals surface area contributed by atoms with Gasteiger partial charge in [-0.1, -0.05) is 6.07 Å². The Balaban J connectivity index is 1.26. The predicted molar refractivity (Wildman–Crippen MR) is 134 cm³/mol. The number of rotatable bonds is 5. The van der Waals surface area contributed by atoms with Crippen LogP contribution in [-0.4, -0.2) is 67.1 Å². The van der Waals surface area contributed by atoms with Crippen LogP contribution in [0.5, 0.6) is 5.75 Å². The summed E-state index contributed by atoms with van der Waals surface area (Å²) in [6, 6.07) is 9.22. The van der Waals surface area contributed by atoms with E-state index >= 15 is 0 Å². The molecule has 2 unspecified atom stereocenters. The van der Waals surface area contributed by atoms with Crippen molar-refractivity contribution in [3.63, 3.8) is 0 Å². The Labute approximate surface area is 206 Å². The maximum absolute atomic E-state index is 13.0. The molecule has 3 atom stereocenters. The maximum atomic E-state index is 13.0. The Bertz CT molecular complexity index is 1290. The number of carbonyl (C=O) groups excluding carboxylic acids is 1. The molecule has 0 spiro atoms. The molecule has 5 rings (SSSR count). The molecule has 3 aromatic rings. The maximum Gasteiger partial charge on any atom is 0.405 e. The standard InChI is InChI=1S/C24H27N5O5S/c1-12-3-6-16-20(25)21(35-23(16)26-12)22(30)27-14-7-13-4-5-15(8-18(13)34-11-14)29-9-17(28-24(31)32)19(10-29)33-2/h3-6,8,14,17,19,28H,7,9-11,25H2,1-2H3,(H,27,30)(H,31,32)/t14-,17?,19?/m1/s1. The van der Waals surface area contributed by atoms with Gasteiger partial charge in [0.15, 0.2) is 0 Å². The Morgan fingerprint density at radius 1 is 1.26 bits per heavy atom. The molecule has 1 fully saturated rings. The fourth-order valence-corrected chi connectivity index (χ4v) is 5.72. The molecule has 2 aliphatic rings. The minimum Gasteiger partial charge on any atom is -0.491 e. The summed E-state index contributed by atoms with van der Waals surface area (Å²) in [5.74, 6) is 0.536. The number of nitrogens with two attached hydrogens (primary N) is 1. The van der Waals surface area contributed by atoms with E-state index < -0.39 is 6.09 Å². The second-order valence-corrected chi connectivity index (χ2v) is 9.86. The van der Waals surface area contributed by atoms with E-state index in [0.29, 0.717) is 36.7 Å². The third kappa shape index (κ3) is 4.56. The van der Waals surface area contributed by atoms with Crippen LogP contribution in [0.1, 0.15) is 20.9 Å². The van der Waals surface area contributed by atoms with Crippen LogP contribution < -0.4 is 26.0 Å². The number of ether oxygens (including phenoxy) is 2. The highest BCUT2D eigenvalue weighted by atomic mass is 32.1. The van der Waals surface area contributed by atoms with Gasteiger partial charge in [0.1, 0.15) is 22.1 Å². The number of nitrogens with one attached hydrogen (secondary N) is 2. The largest absolute Gasteiger partial charge is 0.491 e. The predicted octanol–water partition coefficient (Wildman–Crippen LogP) is 2.39. The minimum atomic E-state index is -1.07. The number of aryl methyl sites for hydroxylation is 1. The number of carboxylic acid groups (broad SMARTS) is 1. The molecular weight excluding hydrogens is 470 g/mol. The van der Waals surface area contributed by atoms with E-state index in [-0.39, 0.29) is 24.1 Å². The smallest absolute Gasteiger partial charge is 0.405 e. The van der Waals surface area contributed by atoms with Gasteiger partial charge in [-0.05, 0) is 37.1 Å². The van der Waals surface area contributed by atoms with E-state index in [0.717, 1.165) is 32.9 Å². The van der Waals surface area contributed by atoms with E-state index in [9.17, 15) is 9.59 Å². The van der Waals surface area contributed by atoms with E-state index in [4.69, 9.17) is 20.3 Å². The number of nitrogen functional groups attached to an aromatic ring is 1. The van der Waals surface area contributed by atoms with Gasteiger partial charge in [0.25, 0.3) is 5.91 Å². The summed E-state index contributed by atoms with van der Waals surface area (Å²) >= 11 is 1.30. The number of aromatic nitrogens is 1. The first kappa shape index (κ1) is 23.2. The Hall–Kier alpha value is -3.57.